The number of aromatic nitrogens is 3. The summed E-state index contributed by atoms with van der Waals surface area (Å²) in [5, 5.41) is 17.8. The van der Waals surface area contributed by atoms with Gasteiger partial charge in [-0.2, -0.15) is 5.10 Å². The molecule has 2 aromatic heterocycles. The third-order valence-electron chi connectivity index (χ3n) is 8.56. The molecule has 1 N–H and O–H groups in total. The zero-order chi connectivity index (χ0) is 32.0. The van der Waals surface area contributed by atoms with E-state index in [0.29, 0.717) is 63.1 Å². The molecular weight excluding hydrogens is 605 g/mol. The Hall–Kier alpha value is -4.02. The predicted molar refractivity (Wildman–Crippen MR) is 169 cm³/mol. The molecule has 0 unspecified atom stereocenters. The van der Waals surface area contributed by atoms with Crippen LogP contribution in [0.4, 0.5) is 13.2 Å². The number of carboxylic acid groups (broad SMARTS) is 1. The van der Waals surface area contributed by atoms with Crippen molar-refractivity contribution in [1.82, 2.24) is 19.2 Å². The second kappa shape index (κ2) is 12.1. The van der Waals surface area contributed by atoms with E-state index in [2.05, 4.69) is 0 Å². The molecule has 0 atom stereocenters. The molecule has 1 aliphatic heterocycles. The number of aromatic carboxylic acids is 1. The SMILES string of the molecule is CCc1c2c(nn1C)CN(C)CC(F)(F)CCn1c(C(=O)O)c(CCCOc3cccc4cc(F)ccc34)c3ccc(Cl)c-2c31. The molecule has 236 valence electrons. The Morgan fingerprint density at radius 2 is 1.89 bits per heavy atom. The second-order valence-corrected chi connectivity index (χ2v) is 12.1. The first-order valence-electron chi connectivity index (χ1n) is 15.0. The number of aryl methyl sites for hydroxylation is 3. The molecule has 0 saturated carbocycles. The number of hydrogen-bond donors (Lipinski definition) is 1. The van der Waals surface area contributed by atoms with Crippen molar-refractivity contribution in [2.24, 2.45) is 7.05 Å². The highest BCUT2D eigenvalue weighted by atomic mass is 35.5. The lowest BCUT2D eigenvalue weighted by molar-refractivity contribution is -0.0386. The summed E-state index contributed by atoms with van der Waals surface area (Å²) in [7, 11) is 3.46. The number of benzene rings is 3. The van der Waals surface area contributed by atoms with Crippen molar-refractivity contribution in [3.05, 3.63) is 82.0 Å². The second-order valence-electron chi connectivity index (χ2n) is 11.7. The van der Waals surface area contributed by atoms with E-state index in [4.69, 9.17) is 21.4 Å². The quantitative estimate of drug-likeness (QED) is 0.185. The fourth-order valence-corrected chi connectivity index (χ4v) is 6.97. The van der Waals surface area contributed by atoms with Crippen LogP contribution in [0.3, 0.4) is 0 Å². The predicted octanol–water partition coefficient (Wildman–Crippen LogP) is 7.73. The van der Waals surface area contributed by atoms with E-state index in [9.17, 15) is 14.3 Å². The minimum atomic E-state index is -3.07. The first-order valence-corrected chi connectivity index (χ1v) is 15.4. The van der Waals surface area contributed by atoms with E-state index < -0.39 is 24.9 Å². The van der Waals surface area contributed by atoms with Crippen LogP contribution in [0, 0.1) is 5.82 Å². The van der Waals surface area contributed by atoms with Crippen LogP contribution in [0.2, 0.25) is 5.02 Å². The number of carboxylic acids is 1. The number of rotatable bonds is 7. The van der Waals surface area contributed by atoms with Gasteiger partial charge in [-0.1, -0.05) is 36.7 Å². The van der Waals surface area contributed by atoms with Gasteiger partial charge < -0.3 is 14.4 Å². The Balaban J connectivity index is 1.46. The zero-order valence-corrected chi connectivity index (χ0v) is 26.1. The highest BCUT2D eigenvalue weighted by molar-refractivity contribution is 6.35. The van der Waals surface area contributed by atoms with Gasteiger partial charge >= 0.3 is 5.97 Å². The summed E-state index contributed by atoms with van der Waals surface area (Å²) < 4.78 is 53.7. The minimum absolute atomic E-state index is 0.0268. The van der Waals surface area contributed by atoms with Crippen LogP contribution in [-0.2, 0) is 33.0 Å². The van der Waals surface area contributed by atoms with Gasteiger partial charge in [0.25, 0.3) is 5.92 Å². The van der Waals surface area contributed by atoms with Gasteiger partial charge in [-0.05, 0) is 67.6 Å². The van der Waals surface area contributed by atoms with Gasteiger partial charge in [-0.3, -0.25) is 9.58 Å². The Morgan fingerprint density at radius 1 is 1.11 bits per heavy atom. The zero-order valence-electron chi connectivity index (χ0n) is 25.3. The average Bonchev–Trinajstić information content (AvgIpc) is 3.46. The standard InChI is InChI=1S/C34H34ClF3N4O3/c1-4-27-30-26(39-41(27)3)18-40(2)19-34(37,38)14-15-42-31-24(12-13-25(35)29(30)31)23(32(42)33(43)44)8-6-16-45-28-9-5-7-20-17-21(36)10-11-22(20)28/h5,7,9-13,17H,4,6,8,14-16,18-19H2,1-3H3,(H,43,44). The lowest BCUT2D eigenvalue weighted by Crippen LogP contribution is -2.35. The Labute approximate surface area is 263 Å². The van der Waals surface area contributed by atoms with Gasteiger partial charge in [-0.15, -0.1) is 0 Å². The van der Waals surface area contributed by atoms with Gasteiger partial charge in [0.05, 0.1) is 29.4 Å². The molecule has 0 spiro atoms. The summed E-state index contributed by atoms with van der Waals surface area (Å²) in [6.07, 6.45) is 0.853. The molecule has 0 aliphatic carbocycles. The Bertz CT molecular complexity index is 1930. The topological polar surface area (TPSA) is 72.5 Å². The van der Waals surface area contributed by atoms with Crippen molar-refractivity contribution in [2.45, 2.75) is 51.6 Å². The van der Waals surface area contributed by atoms with Crippen molar-refractivity contribution in [3.63, 3.8) is 0 Å². The van der Waals surface area contributed by atoms with E-state index in [0.717, 1.165) is 16.6 Å². The molecule has 7 nitrogen and oxygen atoms in total. The molecule has 5 aromatic rings. The Morgan fingerprint density at radius 3 is 2.64 bits per heavy atom. The van der Waals surface area contributed by atoms with Gasteiger partial charge in [-0.25, -0.2) is 18.0 Å². The summed E-state index contributed by atoms with van der Waals surface area (Å²) in [5.41, 5.74) is 3.90. The molecule has 0 fully saturated rings. The number of hydrogen-bond acceptors (Lipinski definition) is 4. The normalized spacial score (nSPS) is 15.3. The largest absolute Gasteiger partial charge is 0.493 e. The number of ether oxygens (including phenoxy) is 1. The summed E-state index contributed by atoms with van der Waals surface area (Å²) >= 11 is 6.92. The van der Waals surface area contributed by atoms with Crippen LogP contribution in [0.1, 0.15) is 47.2 Å². The maximum absolute atomic E-state index is 15.3. The maximum atomic E-state index is 15.3. The molecular formula is C34H34ClF3N4O3. The van der Waals surface area contributed by atoms with Gasteiger partial charge in [0.1, 0.15) is 17.3 Å². The van der Waals surface area contributed by atoms with Crippen LogP contribution in [0.25, 0.3) is 32.8 Å². The highest BCUT2D eigenvalue weighted by Gasteiger charge is 2.35. The molecule has 45 heavy (non-hydrogen) atoms. The number of carbonyl (C=O) groups is 1. The van der Waals surface area contributed by atoms with Crippen molar-refractivity contribution in [3.8, 4) is 16.9 Å². The first kappa shape index (κ1) is 31.0. The summed E-state index contributed by atoms with van der Waals surface area (Å²) in [5.74, 6) is -4.00. The molecule has 0 radical (unpaired) electrons. The van der Waals surface area contributed by atoms with Crippen LogP contribution < -0.4 is 4.74 Å². The summed E-state index contributed by atoms with van der Waals surface area (Å²) in [6, 6.07) is 13.4. The van der Waals surface area contributed by atoms with E-state index in [1.54, 1.807) is 47.0 Å². The molecule has 3 heterocycles. The fraction of sp³-hybridized carbons (Fsp3) is 0.353. The molecule has 1 aliphatic rings. The van der Waals surface area contributed by atoms with Crippen LogP contribution in [-0.4, -0.2) is 56.4 Å². The minimum Gasteiger partial charge on any atom is -0.493 e. The summed E-state index contributed by atoms with van der Waals surface area (Å²) in [6.45, 7) is 1.75. The smallest absolute Gasteiger partial charge is 0.352 e. The van der Waals surface area contributed by atoms with E-state index in [-0.39, 0.29) is 31.2 Å². The van der Waals surface area contributed by atoms with E-state index in [1.807, 2.05) is 20.0 Å². The lowest BCUT2D eigenvalue weighted by Gasteiger charge is -2.23. The van der Waals surface area contributed by atoms with Gasteiger partial charge in [0, 0.05) is 54.2 Å². The monoisotopic (exact) mass is 638 g/mol. The molecule has 11 heteroatoms. The van der Waals surface area contributed by atoms with E-state index in [1.165, 1.54) is 16.7 Å². The van der Waals surface area contributed by atoms with Crippen LogP contribution in [0.15, 0.2) is 48.5 Å². The number of nitrogens with zero attached hydrogens (tertiary/aromatic N) is 4. The van der Waals surface area contributed by atoms with Gasteiger partial charge in [0.2, 0.25) is 0 Å². The van der Waals surface area contributed by atoms with Crippen molar-refractivity contribution < 1.29 is 27.8 Å². The van der Waals surface area contributed by atoms with Gasteiger partial charge in [0.15, 0.2) is 0 Å². The Kier molecular flexibility index (Phi) is 8.30. The maximum Gasteiger partial charge on any atom is 0.352 e. The van der Waals surface area contributed by atoms with E-state index >= 15 is 8.78 Å². The van der Waals surface area contributed by atoms with Crippen LogP contribution >= 0.6 is 11.6 Å². The third-order valence-corrected chi connectivity index (χ3v) is 8.87. The van der Waals surface area contributed by atoms with Crippen LogP contribution in [0.5, 0.6) is 5.75 Å². The molecule has 0 amide bonds. The number of halogens is 4. The lowest BCUT2D eigenvalue weighted by atomic mass is 9.97. The number of alkyl halides is 2. The fourth-order valence-electron chi connectivity index (χ4n) is 6.72. The first-order chi connectivity index (χ1) is 21.5. The van der Waals surface area contributed by atoms with Crippen molar-refractivity contribution in [2.75, 3.05) is 20.2 Å². The molecule has 6 rings (SSSR count). The average molecular weight is 639 g/mol. The molecule has 0 saturated heterocycles. The number of fused-ring (bicyclic) bond motifs is 3. The molecule has 3 aromatic carbocycles. The summed E-state index contributed by atoms with van der Waals surface area (Å²) in [4.78, 5) is 14.4. The molecule has 0 bridgehead atoms. The van der Waals surface area contributed by atoms with Crippen molar-refractivity contribution >= 4 is 39.2 Å². The highest BCUT2D eigenvalue weighted by Crippen LogP contribution is 2.43. The van der Waals surface area contributed by atoms with Crippen molar-refractivity contribution in [1.29, 1.82) is 0 Å². The third kappa shape index (κ3) is 5.77.